The highest BCUT2D eigenvalue weighted by Crippen LogP contribution is 2.35. The highest BCUT2D eigenvalue weighted by Gasteiger charge is 2.31. The van der Waals surface area contributed by atoms with Crippen LogP contribution in [0.2, 0.25) is 0 Å². The van der Waals surface area contributed by atoms with Gasteiger partial charge in [0, 0.05) is 18.2 Å². The van der Waals surface area contributed by atoms with E-state index in [-0.39, 0.29) is 5.56 Å². The van der Waals surface area contributed by atoms with Gasteiger partial charge >= 0.3 is 0 Å². The predicted octanol–water partition coefficient (Wildman–Crippen LogP) is 4.68. The second-order valence-electron chi connectivity index (χ2n) is 6.21. The van der Waals surface area contributed by atoms with E-state index in [1.165, 1.54) is 31.7 Å². The third-order valence-corrected chi connectivity index (χ3v) is 4.26. The van der Waals surface area contributed by atoms with Crippen molar-refractivity contribution >= 4 is 0 Å². The van der Waals surface area contributed by atoms with Crippen LogP contribution in [0.3, 0.4) is 0 Å². The molecule has 106 valence electrons. The zero-order chi connectivity index (χ0) is 13.9. The van der Waals surface area contributed by atoms with Gasteiger partial charge in [-0.05, 0) is 29.9 Å². The zero-order valence-electron chi connectivity index (χ0n) is 11.8. The molecule has 0 saturated heterocycles. The Labute approximate surface area is 114 Å². The Morgan fingerprint density at radius 1 is 1.32 bits per heavy atom. The van der Waals surface area contributed by atoms with Crippen molar-refractivity contribution in [1.82, 2.24) is 5.32 Å². The van der Waals surface area contributed by atoms with Gasteiger partial charge in [0.25, 0.3) is 6.43 Å². The summed E-state index contributed by atoms with van der Waals surface area (Å²) in [7, 11) is 0. The van der Waals surface area contributed by atoms with E-state index in [0.29, 0.717) is 18.0 Å². The molecule has 1 aliphatic carbocycles. The summed E-state index contributed by atoms with van der Waals surface area (Å²) in [6.45, 7) is 5.26. The first-order valence-electron chi connectivity index (χ1n) is 7.09. The molecule has 1 fully saturated rings. The van der Waals surface area contributed by atoms with Gasteiger partial charge in [0.1, 0.15) is 0 Å². The van der Waals surface area contributed by atoms with Crippen LogP contribution in [0.25, 0.3) is 0 Å². The first kappa shape index (κ1) is 14.4. The molecule has 3 heteroatoms. The molecular formula is C16H23F2N. The number of alkyl halides is 2. The molecule has 1 aromatic carbocycles. The lowest BCUT2D eigenvalue weighted by atomic mass is 9.73. The molecule has 1 nitrogen and oxygen atoms in total. The zero-order valence-corrected chi connectivity index (χ0v) is 11.8. The summed E-state index contributed by atoms with van der Waals surface area (Å²) >= 11 is 0. The molecule has 1 saturated carbocycles. The Morgan fingerprint density at radius 3 is 2.79 bits per heavy atom. The van der Waals surface area contributed by atoms with Gasteiger partial charge < -0.3 is 5.32 Å². The molecule has 1 aromatic rings. The quantitative estimate of drug-likeness (QED) is 0.835. The highest BCUT2D eigenvalue weighted by molar-refractivity contribution is 5.24. The van der Waals surface area contributed by atoms with Crippen LogP contribution in [-0.2, 0) is 6.54 Å². The number of hydrogen-bond donors (Lipinski definition) is 1. The third-order valence-electron chi connectivity index (χ3n) is 4.26. The average molecular weight is 267 g/mol. The molecule has 0 aliphatic heterocycles. The van der Waals surface area contributed by atoms with Crippen molar-refractivity contribution in [3.05, 3.63) is 35.4 Å². The minimum Gasteiger partial charge on any atom is -0.309 e. The highest BCUT2D eigenvalue weighted by atomic mass is 19.3. The molecule has 1 aliphatic rings. The van der Waals surface area contributed by atoms with E-state index in [0.717, 1.165) is 5.56 Å². The van der Waals surface area contributed by atoms with Crippen LogP contribution in [-0.4, -0.2) is 6.04 Å². The van der Waals surface area contributed by atoms with Crippen molar-refractivity contribution < 1.29 is 8.78 Å². The summed E-state index contributed by atoms with van der Waals surface area (Å²) in [5, 5.41) is 3.55. The fourth-order valence-electron chi connectivity index (χ4n) is 2.95. The van der Waals surface area contributed by atoms with E-state index in [9.17, 15) is 8.78 Å². The van der Waals surface area contributed by atoms with Gasteiger partial charge in [-0.2, -0.15) is 0 Å². The lowest BCUT2D eigenvalue weighted by molar-refractivity contribution is 0.151. The van der Waals surface area contributed by atoms with Gasteiger partial charge in [-0.25, -0.2) is 8.78 Å². The monoisotopic (exact) mass is 267 g/mol. The molecule has 0 amide bonds. The summed E-state index contributed by atoms with van der Waals surface area (Å²) in [6.07, 6.45) is 2.60. The molecule has 0 aromatic heterocycles. The maximum absolute atomic E-state index is 12.6. The molecule has 0 heterocycles. The molecule has 1 atom stereocenters. The number of rotatable bonds is 4. The lowest BCUT2D eigenvalue weighted by Crippen LogP contribution is -2.43. The van der Waals surface area contributed by atoms with E-state index < -0.39 is 6.43 Å². The molecule has 0 spiro atoms. The summed E-state index contributed by atoms with van der Waals surface area (Å²) < 4.78 is 25.3. The van der Waals surface area contributed by atoms with Crippen LogP contribution in [0.15, 0.2) is 24.3 Å². The minimum atomic E-state index is -2.38. The van der Waals surface area contributed by atoms with Crippen LogP contribution in [0.5, 0.6) is 0 Å². The van der Waals surface area contributed by atoms with Gasteiger partial charge in [-0.1, -0.05) is 44.9 Å². The lowest BCUT2D eigenvalue weighted by Gasteiger charge is -2.39. The largest absolute Gasteiger partial charge is 0.309 e. The predicted molar refractivity (Wildman–Crippen MR) is 74.3 cm³/mol. The first-order valence-corrected chi connectivity index (χ1v) is 7.09. The molecule has 1 N–H and O–H groups in total. The van der Waals surface area contributed by atoms with E-state index in [1.54, 1.807) is 12.1 Å². The maximum Gasteiger partial charge on any atom is 0.263 e. The van der Waals surface area contributed by atoms with E-state index >= 15 is 0 Å². The van der Waals surface area contributed by atoms with Crippen molar-refractivity contribution in [2.24, 2.45) is 5.41 Å². The number of nitrogens with one attached hydrogen (secondary N) is 1. The van der Waals surface area contributed by atoms with Crippen LogP contribution in [0, 0.1) is 5.41 Å². The average Bonchev–Trinajstić information content (AvgIpc) is 2.37. The maximum atomic E-state index is 12.6. The van der Waals surface area contributed by atoms with Crippen molar-refractivity contribution in [3.8, 4) is 0 Å². The number of benzene rings is 1. The Morgan fingerprint density at radius 2 is 2.11 bits per heavy atom. The fraction of sp³-hybridized carbons (Fsp3) is 0.625. The normalized spacial score (nSPS) is 22.7. The third kappa shape index (κ3) is 3.75. The molecule has 2 rings (SSSR count). The standard InChI is InChI=1S/C16H23F2N/c1-16(2)9-4-3-8-14(16)19-11-12-6-5-7-13(10-12)15(17)18/h5-7,10,14-15,19H,3-4,8-9,11H2,1-2H3. The van der Waals surface area contributed by atoms with Crippen molar-refractivity contribution in [2.75, 3.05) is 0 Å². The van der Waals surface area contributed by atoms with Crippen molar-refractivity contribution in [1.29, 1.82) is 0 Å². The topological polar surface area (TPSA) is 12.0 Å². The number of hydrogen-bond acceptors (Lipinski definition) is 1. The van der Waals surface area contributed by atoms with Crippen molar-refractivity contribution in [2.45, 2.75) is 58.5 Å². The second kappa shape index (κ2) is 6.00. The minimum absolute atomic E-state index is 0.113. The SMILES string of the molecule is CC1(C)CCCCC1NCc1cccc(C(F)F)c1. The Kier molecular flexibility index (Phi) is 4.56. The van der Waals surface area contributed by atoms with Gasteiger partial charge in [0.05, 0.1) is 0 Å². The molecular weight excluding hydrogens is 244 g/mol. The van der Waals surface area contributed by atoms with Crippen molar-refractivity contribution in [3.63, 3.8) is 0 Å². The molecule has 1 unspecified atom stereocenters. The fourth-order valence-corrected chi connectivity index (χ4v) is 2.95. The van der Waals surface area contributed by atoms with Crippen LogP contribution in [0.4, 0.5) is 8.78 Å². The van der Waals surface area contributed by atoms with E-state index in [4.69, 9.17) is 0 Å². The summed E-state index contributed by atoms with van der Waals surface area (Å²) in [5.41, 5.74) is 1.36. The van der Waals surface area contributed by atoms with Gasteiger partial charge in [-0.3, -0.25) is 0 Å². The van der Waals surface area contributed by atoms with Crippen LogP contribution >= 0.6 is 0 Å². The van der Waals surface area contributed by atoms with E-state index in [2.05, 4.69) is 19.2 Å². The summed E-state index contributed by atoms with van der Waals surface area (Å²) in [6, 6.07) is 7.20. The Balaban J connectivity index is 1.96. The van der Waals surface area contributed by atoms with Gasteiger partial charge in [0.2, 0.25) is 0 Å². The Bertz CT molecular complexity index is 415. The van der Waals surface area contributed by atoms with Crippen LogP contribution in [0.1, 0.15) is 57.1 Å². The van der Waals surface area contributed by atoms with Crippen LogP contribution < -0.4 is 5.32 Å². The summed E-state index contributed by atoms with van der Waals surface area (Å²) in [5.74, 6) is 0. The Hall–Kier alpha value is -0.960. The second-order valence-corrected chi connectivity index (χ2v) is 6.21. The summed E-state index contributed by atoms with van der Waals surface area (Å²) in [4.78, 5) is 0. The van der Waals surface area contributed by atoms with Gasteiger partial charge in [-0.15, -0.1) is 0 Å². The first-order chi connectivity index (χ1) is 8.99. The molecule has 19 heavy (non-hydrogen) atoms. The van der Waals surface area contributed by atoms with E-state index in [1.807, 2.05) is 6.07 Å². The molecule has 0 bridgehead atoms. The number of halogens is 2. The van der Waals surface area contributed by atoms with Gasteiger partial charge in [0.15, 0.2) is 0 Å². The smallest absolute Gasteiger partial charge is 0.263 e. The molecule has 0 radical (unpaired) electrons.